The van der Waals surface area contributed by atoms with Gasteiger partial charge in [0.05, 0.1) is 0 Å². The Bertz CT molecular complexity index is 1120. The van der Waals surface area contributed by atoms with Gasteiger partial charge < -0.3 is 0 Å². The molecule has 0 saturated carbocycles. The number of benzene rings is 3. The normalized spacial score (nSPS) is 11.8. The van der Waals surface area contributed by atoms with Crippen LogP contribution in [0.1, 0.15) is 5.56 Å². The van der Waals surface area contributed by atoms with Crippen LogP contribution in [0.3, 0.4) is 0 Å². The van der Waals surface area contributed by atoms with Crippen molar-refractivity contribution in [1.29, 1.82) is 0 Å². The van der Waals surface area contributed by atoms with Crippen molar-refractivity contribution in [3.63, 3.8) is 0 Å². The predicted molar refractivity (Wildman–Crippen MR) is 99.7 cm³/mol. The maximum Gasteiger partial charge on any atom is 0.212 e. The molecule has 5 rings (SSSR count). The third-order valence-electron chi connectivity index (χ3n) is 5.18. The van der Waals surface area contributed by atoms with Crippen molar-refractivity contribution >= 4 is 10.8 Å². The highest BCUT2D eigenvalue weighted by Crippen LogP contribution is 2.48. The monoisotopic (exact) mass is 308 g/mol. The minimum absolute atomic E-state index is 1.25. The first-order chi connectivity index (χ1) is 11.7. The fourth-order valence-corrected chi connectivity index (χ4v) is 4.02. The Kier molecular flexibility index (Phi) is 2.69. The van der Waals surface area contributed by atoms with E-state index in [-0.39, 0.29) is 0 Å². The topological polar surface area (TPSA) is 3.88 Å². The number of hydrogen-bond donors (Lipinski definition) is 0. The fourth-order valence-electron chi connectivity index (χ4n) is 4.02. The average Bonchev–Trinajstić information content (AvgIpc) is 2.91. The number of aryl methyl sites for hydroxylation is 2. The molecule has 0 atom stereocenters. The van der Waals surface area contributed by atoms with Gasteiger partial charge in [0.2, 0.25) is 5.69 Å². The standard InChI is InChI=1S/C23H18N/c1-15-13-20-17-9-5-7-16-8-6-10-18(23(16)17)21(20)14-19(15)22-11-3-4-12-24(22)2/h3-14H,1-2H3/q+1. The molecule has 1 heteroatoms. The largest absolute Gasteiger partial charge is 0.212 e. The lowest BCUT2D eigenvalue weighted by molar-refractivity contribution is -0.660. The zero-order valence-corrected chi connectivity index (χ0v) is 13.9. The first-order valence-electron chi connectivity index (χ1n) is 8.36. The van der Waals surface area contributed by atoms with Crippen LogP contribution in [-0.2, 0) is 7.05 Å². The van der Waals surface area contributed by atoms with E-state index in [1.165, 1.54) is 49.8 Å². The highest BCUT2D eigenvalue weighted by Gasteiger charge is 2.23. The van der Waals surface area contributed by atoms with E-state index in [4.69, 9.17) is 0 Å². The summed E-state index contributed by atoms with van der Waals surface area (Å²) in [7, 11) is 2.11. The van der Waals surface area contributed by atoms with Gasteiger partial charge in [-0.25, -0.2) is 4.57 Å². The van der Waals surface area contributed by atoms with Gasteiger partial charge in [-0.1, -0.05) is 36.4 Å². The summed E-state index contributed by atoms with van der Waals surface area (Å²) >= 11 is 0. The Morgan fingerprint density at radius 3 is 2.08 bits per heavy atom. The van der Waals surface area contributed by atoms with Crippen LogP contribution in [0.5, 0.6) is 0 Å². The average molecular weight is 308 g/mol. The van der Waals surface area contributed by atoms with Gasteiger partial charge in [0.15, 0.2) is 6.20 Å². The number of aromatic nitrogens is 1. The second-order valence-electron chi connectivity index (χ2n) is 6.62. The van der Waals surface area contributed by atoms with E-state index in [0.29, 0.717) is 0 Å². The van der Waals surface area contributed by atoms with E-state index in [0.717, 1.165) is 0 Å². The molecule has 0 amide bonds. The molecule has 0 radical (unpaired) electrons. The van der Waals surface area contributed by atoms with E-state index in [2.05, 4.69) is 91.5 Å². The van der Waals surface area contributed by atoms with Crippen molar-refractivity contribution in [2.24, 2.45) is 7.05 Å². The minimum atomic E-state index is 1.25. The van der Waals surface area contributed by atoms with Crippen molar-refractivity contribution < 1.29 is 4.57 Å². The Labute approximate surface area is 141 Å². The summed E-state index contributed by atoms with van der Waals surface area (Å²) in [5.41, 5.74) is 9.32. The summed E-state index contributed by atoms with van der Waals surface area (Å²) in [6.45, 7) is 2.21. The molecule has 1 aliphatic rings. The SMILES string of the molecule is Cc1cc2c(cc1-c1cccc[n+]1C)-c1cccc3cccc-2c13. The number of pyridine rings is 1. The van der Waals surface area contributed by atoms with Gasteiger partial charge in [-0.3, -0.25) is 0 Å². The van der Waals surface area contributed by atoms with Gasteiger partial charge in [0, 0.05) is 17.7 Å². The first-order valence-corrected chi connectivity index (χ1v) is 8.36. The lowest BCUT2D eigenvalue weighted by Crippen LogP contribution is -2.30. The molecule has 1 aliphatic carbocycles. The maximum atomic E-state index is 2.37. The van der Waals surface area contributed by atoms with Crippen molar-refractivity contribution in [3.05, 3.63) is 78.5 Å². The molecular weight excluding hydrogens is 290 g/mol. The van der Waals surface area contributed by atoms with E-state index in [9.17, 15) is 0 Å². The molecule has 114 valence electrons. The first kappa shape index (κ1) is 13.5. The quantitative estimate of drug-likeness (QED) is 0.371. The molecule has 0 unspecified atom stereocenters. The van der Waals surface area contributed by atoms with E-state index in [1.54, 1.807) is 0 Å². The Morgan fingerprint density at radius 1 is 0.667 bits per heavy atom. The lowest BCUT2D eigenvalue weighted by atomic mass is 9.95. The number of hydrogen-bond acceptors (Lipinski definition) is 0. The Morgan fingerprint density at radius 2 is 1.38 bits per heavy atom. The van der Waals surface area contributed by atoms with Gasteiger partial charge in [0.25, 0.3) is 0 Å². The maximum absolute atomic E-state index is 2.37. The van der Waals surface area contributed by atoms with Crippen LogP contribution in [0.15, 0.2) is 72.9 Å². The molecular formula is C23H18N+. The predicted octanol–water partition coefficient (Wildman–Crippen LogP) is 5.29. The third kappa shape index (κ3) is 1.73. The molecule has 4 aromatic rings. The molecule has 1 nitrogen and oxygen atoms in total. The number of fused-ring (bicyclic) bond motifs is 3. The molecule has 0 fully saturated rings. The zero-order chi connectivity index (χ0) is 16.3. The molecule has 0 saturated heterocycles. The minimum Gasteiger partial charge on any atom is -0.201 e. The summed E-state index contributed by atoms with van der Waals surface area (Å²) < 4.78 is 2.19. The number of rotatable bonds is 1. The molecule has 1 aromatic heterocycles. The summed E-state index contributed by atoms with van der Waals surface area (Å²) in [5, 5.41) is 2.72. The van der Waals surface area contributed by atoms with Crippen LogP contribution in [0.25, 0.3) is 44.3 Å². The van der Waals surface area contributed by atoms with Gasteiger partial charge in [-0.2, -0.15) is 0 Å². The van der Waals surface area contributed by atoms with E-state index in [1.807, 2.05) is 0 Å². The van der Waals surface area contributed by atoms with Gasteiger partial charge in [-0.05, 0) is 63.7 Å². The van der Waals surface area contributed by atoms with Gasteiger partial charge >= 0.3 is 0 Å². The second kappa shape index (κ2) is 4.78. The summed E-state index contributed by atoms with van der Waals surface area (Å²) in [6, 6.07) is 24.3. The highest BCUT2D eigenvalue weighted by molar-refractivity contribution is 6.15. The smallest absolute Gasteiger partial charge is 0.201 e. The van der Waals surface area contributed by atoms with Crippen LogP contribution in [0, 0.1) is 6.92 Å². The van der Waals surface area contributed by atoms with E-state index >= 15 is 0 Å². The lowest BCUT2D eigenvalue weighted by Gasteiger charge is -2.09. The van der Waals surface area contributed by atoms with Gasteiger partial charge in [0.1, 0.15) is 7.05 Å². The third-order valence-corrected chi connectivity index (χ3v) is 5.18. The molecule has 3 aromatic carbocycles. The highest BCUT2D eigenvalue weighted by atomic mass is 14.9. The summed E-state index contributed by atoms with van der Waals surface area (Å²) in [6.07, 6.45) is 2.11. The molecule has 0 N–H and O–H groups in total. The van der Waals surface area contributed by atoms with Crippen molar-refractivity contribution in [3.8, 4) is 33.5 Å². The van der Waals surface area contributed by atoms with Gasteiger partial charge in [-0.15, -0.1) is 0 Å². The van der Waals surface area contributed by atoms with Crippen LogP contribution in [-0.4, -0.2) is 0 Å². The molecule has 1 heterocycles. The molecule has 0 spiro atoms. The Hall–Kier alpha value is -2.93. The van der Waals surface area contributed by atoms with Crippen molar-refractivity contribution in [1.82, 2.24) is 0 Å². The van der Waals surface area contributed by atoms with Crippen molar-refractivity contribution in [2.45, 2.75) is 6.92 Å². The molecule has 0 aliphatic heterocycles. The summed E-state index contributed by atoms with van der Waals surface area (Å²) in [4.78, 5) is 0. The van der Waals surface area contributed by atoms with Crippen molar-refractivity contribution in [2.75, 3.05) is 0 Å². The number of nitrogens with zero attached hydrogens (tertiary/aromatic N) is 1. The molecule has 24 heavy (non-hydrogen) atoms. The van der Waals surface area contributed by atoms with Crippen LogP contribution >= 0.6 is 0 Å². The molecule has 0 bridgehead atoms. The summed E-state index contributed by atoms with van der Waals surface area (Å²) in [5.74, 6) is 0. The second-order valence-corrected chi connectivity index (χ2v) is 6.62. The van der Waals surface area contributed by atoms with Crippen LogP contribution in [0.4, 0.5) is 0 Å². The Balaban J connectivity index is 1.86. The fraction of sp³-hybridized carbons (Fsp3) is 0.0870. The van der Waals surface area contributed by atoms with E-state index < -0.39 is 0 Å². The van der Waals surface area contributed by atoms with Crippen LogP contribution in [0.2, 0.25) is 0 Å². The zero-order valence-electron chi connectivity index (χ0n) is 13.9. The van der Waals surface area contributed by atoms with Crippen LogP contribution < -0.4 is 4.57 Å².